The number of carbonyl (C=O) groups is 1. The number of rotatable bonds is 4. The van der Waals surface area contributed by atoms with Crippen LogP contribution >= 0.6 is 12.2 Å². The lowest BCUT2D eigenvalue weighted by molar-refractivity contribution is 0.248. The van der Waals surface area contributed by atoms with E-state index >= 15 is 0 Å². The highest BCUT2D eigenvalue weighted by molar-refractivity contribution is 7.71. The van der Waals surface area contributed by atoms with Gasteiger partial charge >= 0.3 is 6.03 Å². The Labute approximate surface area is 108 Å². The zero-order chi connectivity index (χ0) is 13.0. The second kappa shape index (κ2) is 5.41. The molecule has 0 atom stereocenters. The number of nitrogens with one attached hydrogen (secondary N) is 2. The minimum absolute atomic E-state index is 0.390. The molecule has 2 heterocycles. The number of aromatic nitrogens is 4. The zero-order valence-corrected chi connectivity index (χ0v) is 10.3. The Bertz CT molecular complexity index is 590. The van der Waals surface area contributed by atoms with Crippen LogP contribution in [-0.4, -0.2) is 32.3 Å². The molecule has 4 N–H and O–H groups in total. The number of urea groups is 1. The van der Waals surface area contributed by atoms with Gasteiger partial charge in [-0.3, -0.25) is 14.6 Å². The van der Waals surface area contributed by atoms with Crippen LogP contribution in [0.5, 0.6) is 0 Å². The van der Waals surface area contributed by atoms with Crippen molar-refractivity contribution in [2.75, 3.05) is 6.54 Å². The first-order valence-corrected chi connectivity index (χ1v) is 5.68. The van der Waals surface area contributed by atoms with E-state index in [2.05, 4.69) is 20.5 Å². The average molecular weight is 264 g/mol. The summed E-state index contributed by atoms with van der Waals surface area (Å²) in [5.74, 6) is 0.702. The summed E-state index contributed by atoms with van der Waals surface area (Å²) in [6, 6.07) is 3.11. The quantitative estimate of drug-likeness (QED) is 0.706. The molecule has 2 aromatic rings. The summed E-state index contributed by atoms with van der Waals surface area (Å²) < 4.78 is 2.29. The van der Waals surface area contributed by atoms with Gasteiger partial charge in [-0.2, -0.15) is 5.10 Å². The number of nitrogens with two attached hydrogens (primary N) is 1. The first-order valence-electron chi connectivity index (χ1n) is 5.27. The SMILES string of the molecule is NC(=O)NCCn1c(-c2ccncc2)n[nH]c1=S. The summed E-state index contributed by atoms with van der Waals surface area (Å²) in [5.41, 5.74) is 5.90. The van der Waals surface area contributed by atoms with E-state index in [1.165, 1.54) is 0 Å². The Morgan fingerprint density at radius 1 is 1.50 bits per heavy atom. The van der Waals surface area contributed by atoms with Gasteiger partial charge in [-0.15, -0.1) is 0 Å². The predicted molar refractivity (Wildman–Crippen MR) is 68.2 cm³/mol. The molecule has 2 amide bonds. The number of pyridine rings is 1. The first-order chi connectivity index (χ1) is 8.68. The molecule has 8 heteroatoms. The topological polar surface area (TPSA) is 102 Å². The molecule has 7 nitrogen and oxygen atoms in total. The standard InChI is InChI=1S/C10H12N6OS/c11-9(17)13-5-6-16-8(14-15-10(16)18)7-1-3-12-4-2-7/h1-4H,5-6H2,(H,15,18)(H3,11,13,17). The minimum atomic E-state index is -0.560. The van der Waals surface area contributed by atoms with Crippen molar-refractivity contribution in [3.8, 4) is 11.4 Å². The Hall–Kier alpha value is -2.22. The monoisotopic (exact) mass is 264 g/mol. The van der Waals surface area contributed by atoms with Crippen molar-refractivity contribution in [2.45, 2.75) is 6.54 Å². The van der Waals surface area contributed by atoms with Gasteiger partial charge in [0, 0.05) is 31.0 Å². The third-order valence-corrected chi connectivity index (χ3v) is 2.64. The lowest BCUT2D eigenvalue weighted by Crippen LogP contribution is -2.32. The van der Waals surface area contributed by atoms with Crippen molar-refractivity contribution in [3.05, 3.63) is 29.3 Å². The number of carbonyl (C=O) groups excluding carboxylic acids is 1. The van der Waals surface area contributed by atoms with Crippen molar-refractivity contribution < 1.29 is 4.79 Å². The van der Waals surface area contributed by atoms with E-state index in [4.69, 9.17) is 18.0 Å². The number of H-pyrrole nitrogens is 1. The number of aromatic amines is 1. The average Bonchev–Trinajstić information content (AvgIpc) is 2.72. The summed E-state index contributed by atoms with van der Waals surface area (Å²) >= 11 is 5.14. The van der Waals surface area contributed by atoms with Crippen molar-refractivity contribution >= 4 is 18.2 Å². The Balaban J connectivity index is 2.22. The maximum absolute atomic E-state index is 10.6. The Morgan fingerprint density at radius 2 is 2.22 bits per heavy atom. The highest BCUT2D eigenvalue weighted by Crippen LogP contribution is 2.15. The lowest BCUT2D eigenvalue weighted by Gasteiger charge is -2.06. The molecule has 0 unspecified atom stereocenters. The fourth-order valence-electron chi connectivity index (χ4n) is 1.54. The number of amides is 2. The number of hydrogen-bond acceptors (Lipinski definition) is 4. The van der Waals surface area contributed by atoms with Gasteiger partial charge in [0.1, 0.15) is 0 Å². The molecule has 0 aliphatic heterocycles. The molecule has 94 valence electrons. The number of primary amides is 1. The summed E-state index contributed by atoms with van der Waals surface area (Å²) in [5, 5.41) is 9.39. The van der Waals surface area contributed by atoms with Crippen LogP contribution in [0.1, 0.15) is 0 Å². The van der Waals surface area contributed by atoms with Crippen LogP contribution in [0.3, 0.4) is 0 Å². The van der Waals surface area contributed by atoms with Crippen LogP contribution in [0.15, 0.2) is 24.5 Å². The smallest absolute Gasteiger partial charge is 0.312 e. The largest absolute Gasteiger partial charge is 0.352 e. The molecular formula is C10H12N6OS. The van der Waals surface area contributed by atoms with E-state index in [1.807, 2.05) is 12.1 Å². The first kappa shape index (κ1) is 12.2. The molecule has 0 saturated carbocycles. The van der Waals surface area contributed by atoms with Gasteiger partial charge in [-0.05, 0) is 24.4 Å². The van der Waals surface area contributed by atoms with Gasteiger partial charge in [0.05, 0.1) is 0 Å². The summed E-state index contributed by atoms with van der Waals surface area (Å²) in [7, 11) is 0. The van der Waals surface area contributed by atoms with Gasteiger partial charge in [0.15, 0.2) is 10.6 Å². The predicted octanol–water partition coefficient (Wildman–Crippen LogP) is 0.671. The van der Waals surface area contributed by atoms with Crippen molar-refractivity contribution in [3.63, 3.8) is 0 Å². The van der Waals surface area contributed by atoms with E-state index in [9.17, 15) is 4.79 Å². The van der Waals surface area contributed by atoms with E-state index in [-0.39, 0.29) is 0 Å². The summed E-state index contributed by atoms with van der Waals surface area (Å²) in [6.07, 6.45) is 3.36. The van der Waals surface area contributed by atoms with E-state index in [0.29, 0.717) is 23.7 Å². The highest BCUT2D eigenvalue weighted by Gasteiger charge is 2.08. The molecule has 18 heavy (non-hydrogen) atoms. The van der Waals surface area contributed by atoms with Crippen molar-refractivity contribution in [1.29, 1.82) is 0 Å². The fourth-order valence-corrected chi connectivity index (χ4v) is 1.76. The molecule has 0 bridgehead atoms. The van der Waals surface area contributed by atoms with E-state index in [1.54, 1.807) is 17.0 Å². The normalized spacial score (nSPS) is 10.2. The molecule has 2 rings (SSSR count). The minimum Gasteiger partial charge on any atom is -0.352 e. The molecule has 0 spiro atoms. The molecule has 0 aliphatic rings. The lowest BCUT2D eigenvalue weighted by atomic mass is 10.2. The molecule has 0 saturated heterocycles. The second-order valence-corrected chi connectivity index (χ2v) is 3.92. The van der Waals surface area contributed by atoms with Crippen LogP contribution in [0, 0.1) is 4.77 Å². The molecule has 0 radical (unpaired) electrons. The van der Waals surface area contributed by atoms with Crippen molar-refractivity contribution in [2.24, 2.45) is 5.73 Å². The van der Waals surface area contributed by atoms with Gasteiger partial charge in [-0.1, -0.05) is 0 Å². The molecule has 0 aromatic carbocycles. The summed E-state index contributed by atoms with van der Waals surface area (Å²) in [6.45, 7) is 0.886. The fraction of sp³-hybridized carbons (Fsp3) is 0.200. The zero-order valence-electron chi connectivity index (χ0n) is 9.46. The Morgan fingerprint density at radius 3 is 2.89 bits per heavy atom. The third-order valence-electron chi connectivity index (χ3n) is 2.33. The van der Waals surface area contributed by atoms with Crippen molar-refractivity contribution in [1.82, 2.24) is 25.1 Å². The number of hydrogen-bond donors (Lipinski definition) is 3. The van der Waals surface area contributed by atoms with Crippen LogP contribution < -0.4 is 11.1 Å². The van der Waals surface area contributed by atoms with Crippen LogP contribution in [0.25, 0.3) is 11.4 Å². The summed E-state index contributed by atoms with van der Waals surface area (Å²) in [4.78, 5) is 14.6. The maximum atomic E-state index is 10.6. The van der Waals surface area contributed by atoms with Gasteiger partial charge in [-0.25, -0.2) is 4.79 Å². The number of nitrogens with zero attached hydrogens (tertiary/aromatic N) is 3. The highest BCUT2D eigenvalue weighted by atomic mass is 32.1. The molecular weight excluding hydrogens is 252 g/mol. The van der Waals surface area contributed by atoms with Gasteiger partial charge in [0.2, 0.25) is 0 Å². The van der Waals surface area contributed by atoms with E-state index in [0.717, 1.165) is 5.56 Å². The maximum Gasteiger partial charge on any atom is 0.312 e. The van der Waals surface area contributed by atoms with E-state index < -0.39 is 6.03 Å². The van der Waals surface area contributed by atoms with Gasteiger partial charge < -0.3 is 11.1 Å². The second-order valence-electron chi connectivity index (χ2n) is 3.53. The molecule has 0 fully saturated rings. The van der Waals surface area contributed by atoms with Crippen LogP contribution in [0.2, 0.25) is 0 Å². The molecule has 0 aliphatic carbocycles. The Kier molecular flexibility index (Phi) is 3.68. The van der Waals surface area contributed by atoms with Gasteiger partial charge in [0.25, 0.3) is 0 Å². The van der Waals surface area contributed by atoms with Crippen LogP contribution in [-0.2, 0) is 6.54 Å². The molecule has 2 aromatic heterocycles. The third kappa shape index (κ3) is 2.72. The van der Waals surface area contributed by atoms with Crippen LogP contribution in [0.4, 0.5) is 4.79 Å².